The van der Waals surface area contributed by atoms with Crippen molar-refractivity contribution in [1.82, 2.24) is 0 Å². The molecule has 0 radical (unpaired) electrons. The van der Waals surface area contributed by atoms with Crippen LogP contribution in [0.4, 0.5) is 10.1 Å². The molecule has 1 aromatic heterocycles. The maximum Gasteiger partial charge on any atom is 0.264 e. The van der Waals surface area contributed by atoms with Gasteiger partial charge in [-0.2, -0.15) is 11.3 Å². The Morgan fingerprint density at radius 1 is 1.42 bits per heavy atom. The van der Waals surface area contributed by atoms with E-state index in [0.29, 0.717) is 10.2 Å². The second kappa shape index (κ2) is 5.58. The zero-order valence-corrected chi connectivity index (χ0v) is 12.6. The van der Waals surface area contributed by atoms with Crippen molar-refractivity contribution >= 4 is 43.0 Å². The largest absolute Gasteiger partial charge is 0.392 e. The lowest BCUT2D eigenvalue weighted by Gasteiger charge is -2.10. The molecule has 4 nitrogen and oxygen atoms in total. The van der Waals surface area contributed by atoms with Gasteiger partial charge >= 0.3 is 0 Å². The summed E-state index contributed by atoms with van der Waals surface area (Å²) in [5.41, 5.74) is 0.287. The fourth-order valence-corrected chi connectivity index (χ4v) is 3.98. The van der Waals surface area contributed by atoms with Crippen LogP contribution in [0.15, 0.2) is 38.3 Å². The molecule has 1 aromatic carbocycles. The van der Waals surface area contributed by atoms with E-state index in [1.54, 1.807) is 16.8 Å². The Kier molecular flexibility index (Phi) is 4.24. The highest BCUT2D eigenvalue weighted by Crippen LogP contribution is 2.26. The van der Waals surface area contributed by atoms with Crippen LogP contribution in [0.25, 0.3) is 0 Å². The molecule has 0 aliphatic heterocycles. The third kappa shape index (κ3) is 3.14. The van der Waals surface area contributed by atoms with Crippen LogP contribution < -0.4 is 4.72 Å². The van der Waals surface area contributed by atoms with Gasteiger partial charge in [-0.3, -0.25) is 4.72 Å². The molecule has 0 bridgehead atoms. The number of halogens is 2. The summed E-state index contributed by atoms with van der Waals surface area (Å²) in [4.78, 5) is -0.503. The van der Waals surface area contributed by atoms with E-state index >= 15 is 0 Å². The van der Waals surface area contributed by atoms with Gasteiger partial charge in [0.1, 0.15) is 10.7 Å². The third-order valence-corrected chi connectivity index (χ3v) is 4.83. The van der Waals surface area contributed by atoms with Gasteiger partial charge in [0.2, 0.25) is 0 Å². The molecule has 0 saturated carbocycles. The van der Waals surface area contributed by atoms with Gasteiger partial charge in [-0.25, -0.2) is 12.8 Å². The Morgan fingerprint density at radius 3 is 2.74 bits per heavy atom. The number of nitrogens with one attached hydrogen (secondary N) is 1. The topological polar surface area (TPSA) is 66.4 Å². The summed E-state index contributed by atoms with van der Waals surface area (Å²) in [6, 6.07) is 4.06. The van der Waals surface area contributed by atoms with Gasteiger partial charge in [0.05, 0.1) is 12.3 Å². The molecular formula is C11H9BrFNO3S2. The van der Waals surface area contributed by atoms with Crippen molar-refractivity contribution in [1.29, 1.82) is 0 Å². The van der Waals surface area contributed by atoms with Crippen molar-refractivity contribution in [3.63, 3.8) is 0 Å². The highest BCUT2D eigenvalue weighted by Gasteiger charge is 2.22. The lowest BCUT2D eigenvalue weighted by Crippen LogP contribution is -2.15. The van der Waals surface area contributed by atoms with Crippen molar-refractivity contribution in [2.45, 2.75) is 11.5 Å². The Hall–Kier alpha value is -0.960. The zero-order valence-electron chi connectivity index (χ0n) is 9.43. The Morgan fingerprint density at radius 2 is 2.16 bits per heavy atom. The number of thiophene rings is 1. The Labute approximate surface area is 122 Å². The first-order valence-electron chi connectivity index (χ1n) is 5.08. The summed E-state index contributed by atoms with van der Waals surface area (Å²) >= 11 is 4.41. The van der Waals surface area contributed by atoms with Gasteiger partial charge in [0.25, 0.3) is 10.0 Å². The van der Waals surface area contributed by atoms with E-state index in [9.17, 15) is 12.8 Å². The van der Waals surface area contributed by atoms with E-state index in [1.807, 2.05) is 0 Å². The zero-order chi connectivity index (χ0) is 14.0. The molecule has 1 heterocycles. The van der Waals surface area contributed by atoms with Gasteiger partial charge in [0, 0.05) is 15.4 Å². The molecule has 19 heavy (non-hydrogen) atoms. The van der Waals surface area contributed by atoms with Gasteiger partial charge in [-0.05, 0) is 23.6 Å². The second-order valence-corrected chi connectivity index (χ2v) is 7.00. The van der Waals surface area contributed by atoms with Crippen LogP contribution in [-0.2, 0) is 16.6 Å². The molecule has 0 spiro atoms. The molecule has 0 aliphatic rings. The predicted molar refractivity (Wildman–Crippen MR) is 75.2 cm³/mol. The van der Waals surface area contributed by atoms with Gasteiger partial charge in [0.15, 0.2) is 0 Å². The van der Waals surface area contributed by atoms with Crippen molar-refractivity contribution < 1.29 is 17.9 Å². The Balaban J connectivity index is 2.48. The van der Waals surface area contributed by atoms with Crippen LogP contribution in [0.1, 0.15) is 5.56 Å². The number of aliphatic hydroxyl groups excluding tert-OH is 1. The van der Waals surface area contributed by atoms with Crippen LogP contribution in [0.2, 0.25) is 0 Å². The van der Waals surface area contributed by atoms with E-state index in [0.717, 1.165) is 6.07 Å². The molecule has 2 aromatic rings. The Bertz CT molecular complexity index is 686. The van der Waals surface area contributed by atoms with Crippen molar-refractivity contribution in [3.05, 3.63) is 44.8 Å². The van der Waals surface area contributed by atoms with Crippen LogP contribution in [0.5, 0.6) is 0 Å². The fourth-order valence-electron chi connectivity index (χ4n) is 1.46. The summed E-state index contributed by atoms with van der Waals surface area (Å²) in [5, 5.41) is 12.3. The van der Waals surface area contributed by atoms with Gasteiger partial charge < -0.3 is 5.11 Å². The minimum Gasteiger partial charge on any atom is -0.392 e. The highest BCUT2D eigenvalue weighted by molar-refractivity contribution is 9.10. The predicted octanol–water partition coefficient (Wildman–Crippen LogP) is 2.94. The third-order valence-electron chi connectivity index (χ3n) is 2.31. The number of rotatable bonds is 4. The molecule has 0 amide bonds. The maximum atomic E-state index is 14.0. The summed E-state index contributed by atoms with van der Waals surface area (Å²) in [7, 11) is -4.03. The van der Waals surface area contributed by atoms with Gasteiger partial charge in [-0.1, -0.05) is 15.9 Å². The van der Waals surface area contributed by atoms with Crippen LogP contribution in [0.3, 0.4) is 0 Å². The summed E-state index contributed by atoms with van der Waals surface area (Å²) < 4.78 is 40.8. The molecule has 0 fully saturated rings. The minimum atomic E-state index is -4.03. The second-order valence-electron chi connectivity index (χ2n) is 3.65. The number of sulfonamides is 1. The molecule has 0 saturated heterocycles. The molecule has 0 atom stereocenters. The van der Waals surface area contributed by atoms with E-state index in [2.05, 4.69) is 20.7 Å². The highest BCUT2D eigenvalue weighted by atomic mass is 79.9. The smallest absolute Gasteiger partial charge is 0.264 e. The molecule has 2 rings (SSSR count). The normalized spacial score (nSPS) is 11.5. The van der Waals surface area contributed by atoms with Crippen molar-refractivity contribution in [2.24, 2.45) is 0 Å². The first-order chi connectivity index (χ1) is 8.94. The lowest BCUT2D eigenvalue weighted by molar-refractivity contribution is 0.274. The quantitative estimate of drug-likeness (QED) is 0.875. The fraction of sp³-hybridized carbons (Fsp3) is 0.0909. The molecular weight excluding hydrogens is 357 g/mol. The number of hydrogen-bond donors (Lipinski definition) is 2. The average molecular weight is 366 g/mol. The average Bonchev–Trinajstić information content (AvgIpc) is 2.83. The molecule has 102 valence electrons. The van der Waals surface area contributed by atoms with Crippen LogP contribution >= 0.6 is 27.3 Å². The first kappa shape index (κ1) is 14.4. The summed E-state index contributed by atoms with van der Waals surface area (Å²) in [5.74, 6) is -0.951. The standard InChI is InChI=1S/C11H9BrFNO3S2/c12-8-3-7(5-15)11(13)10(4-8)19(16,17)14-9-1-2-18-6-9/h1-4,6,14-15H,5H2. The van der Waals surface area contributed by atoms with E-state index < -0.39 is 27.3 Å². The number of anilines is 1. The number of aliphatic hydroxyl groups is 1. The monoisotopic (exact) mass is 365 g/mol. The van der Waals surface area contributed by atoms with Crippen molar-refractivity contribution in [3.8, 4) is 0 Å². The molecule has 0 unspecified atom stereocenters. The van der Waals surface area contributed by atoms with Gasteiger partial charge in [-0.15, -0.1) is 0 Å². The van der Waals surface area contributed by atoms with Crippen LogP contribution in [0, 0.1) is 5.82 Å². The number of hydrogen-bond acceptors (Lipinski definition) is 4. The molecule has 2 N–H and O–H groups in total. The molecule has 8 heteroatoms. The summed E-state index contributed by atoms with van der Waals surface area (Å²) in [6.45, 7) is -0.577. The number of benzene rings is 1. The molecule has 0 aliphatic carbocycles. The lowest BCUT2D eigenvalue weighted by atomic mass is 10.2. The van der Waals surface area contributed by atoms with E-state index in [-0.39, 0.29) is 5.56 Å². The van der Waals surface area contributed by atoms with E-state index in [1.165, 1.54) is 17.4 Å². The first-order valence-corrected chi connectivity index (χ1v) is 8.30. The van der Waals surface area contributed by atoms with Crippen molar-refractivity contribution in [2.75, 3.05) is 4.72 Å². The van der Waals surface area contributed by atoms with Crippen LogP contribution in [-0.4, -0.2) is 13.5 Å². The van der Waals surface area contributed by atoms with E-state index in [4.69, 9.17) is 5.11 Å². The SMILES string of the molecule is O=S(=O)(Nc1ccsc1)c1cc(Br)cc(CO)c1F. The summed E-state index contributed by atoms with van der Waals surface area (Å²) in [6.07, 6.45) is 0. The maximum absolute atomic E-state index is 14.0. The minimum absolute atomic E-state index is 0.0833.